The molecule has 0 saturated carbocycles. The fraction of sp³-hybridized carbons (Fsp3) is 0.692. The number of carbonyl (C=O) groups excluding carboxylic acids is 1. The molecule has 18 heavy (non-hydrogen) atoms. The van der Waals surface area contributed by atoms with E-state index < -0.39 is 0 Å². The number of halogens is 1. The van der Waals surface area contributed by atoms with Crippen molar-refractivity contribution in [1.29, 1.82) is 0 Å². The lowest BCUT2D eigenvalue weighted by atomic mass is 9.97. The van der Waals surface area contributed by atoms with Gasteiger partial charge in [-0.05, 0) is 42.6 Å². The molecule has 1 aromatic rings. The Balaban J connectivity index is 2.19. The molecule has 1 amide bonds. The van der Waals surface area contributed by atoms with Crippen molar-refractivity contribution in [1.82, 2.24) is 15.1 Å². The van der Waals surface area contributed by atoms with Crippen molar-refractivity contribution in [2.24, 2.45) is 5.92 Å². The van der Waals surface area contributed by atoms with Gasteiger partial charge >= 0.3 is 0 Å². The quantitative estimate of drug-likeness (QED) is 0.931. The Morgan fingerprint density at radius 1 is 1.50 bits per heavy atom. The van der Waals surface area contributed by atoms with Crippen LogP contribution in [0.4, 0.5) is 0 Å². The second kappa shape index (κ2) is 5.87. The summed E-state index contributed by atoms with van der Waals surface area (Å²) in [6, 6.07) is 0. The van der Waals surface area contributed by atoms with Gasteiger partial charge in [0, 0.05) is 25.4 Å². The summed E-state index contributed by atoms with van der Waals surface area (Å²) in [7, 11) is 0. The van der Waals surface area contributed by atoms with E-state index in [1.165, 1.54) is 0 Å². The van der Waals surface area contributed by atoms with E-state index in [0.717, 1.165) is 54.6 Å². The number of carbonyl (C=O) groups is 1. The molecule has 1 unspecified atom stereocenters. The molecular formula is C13H20BrN3O. The van der Waals surface area contributed by atoms with Gasteiger partial charge in [0.2, 0.25) is 5.91 Å². The number of amides is 1. The Morgan fingerprint density at radius 2 is 2.28 bits per heavy atom. The average Bonchev–Trinajstić information content (AvgIpc) is 2.53. The summed E-state index contributed by atoms with van der Waals surface area (Å²) in [5.74, 6) is 0.283. The number of nitrogens with one attached hydrogen (secondary N) is 1. The summed E-state index contributed by atoms with van der Waals surface area (Å²) >= 11 is 3.59. The summed E-state index contributed by atoms with van der Waals surface area (Å²) in [6.07, 6.45) is 3.98. The van der Waals surface area contributed by atoms with Gasteiger partial charge < -0.3 is 5.32 Å². The number of rotatable bonds is 3. The van der Waals surface area contributed by atoms with Gasteiger partial charge in [-0.2, -0.15) is 5.10 Å². The highest BCUT2D eigenvalue weighted by molar-refractivity contribution is 9.10. The average molecular weight is 314 g/mol. The number of nitrogens with zero attached hydrogens (tertiary/aromatic N) is 2. The predicted octanol–water partition coefficient (Wildman–Crippen LogP) is 2.43. The Hall–Kier alpha value is -0.840. The molecular weight excluding hydrogens is 294 g/mol. The first kappa shape index (κ1) is 13.6. The van der Waals surface area contributed by atoms with E-state index in [-0.39, 0.29) is 11.8 Å². The van der Waals surface area contributed by atoms with E-state index >= 15 is 0 Å². The summed E-state index contributed by atoms with van der Waals surface area (Å²) in [4.78, 5) is 12.0. The third-order valence-electron chi connectivity index (χ3n) is 3.54. The van der Waals surface area contributed by atoms with Crippen molar-refractivity contribution >= 4 is 21.8 Å². The molecule has 1 fully saturated rings. The highest BCUT2D eigenvalue weighted by atomic mass is 79.9. The summed E-state index contributed by atoms with van der Waals surface area (Å²) in [5.41, 5.74) is 2.15. The van der Waals surface area contributed by atoms with Crippen molar-refractivity contribution < 1.29 is 4.79 Å². The van der Waals surface area contributed by atoms with Crippen molar-refractivity contribution in [3.63, 3.8) is 0 Å². The Kier molecular flexibility index (Phi) is 4.43. The van der Waals surface area contributed by atoms with Gasteiger partial charge in [0.25, 0.3) is 0 Å². The zero-order chi connectivity index (χ0) is 13.1. The highest BCUT2D eigenvalue weighted by Gasteiger charge is 2.24. The fourth-order valence-corrected chi connectivity index (χ4v) is 2.94. The summed E-state index contributed by atoms with van der Waals surface area (Å²) in [5, 5.41) is 7.48. The van der Waals surface area contributed by atoms with Crippen LogP contribution in [0.3, 0.4) is 0 Å². The molecule has 1 atom stereocenters. The van der Waals surface area contributed by atoms with E-state index in [9.17, 15) is 4.79 Å². The second-order valence-corrected chi connectivity index (χ2v) is 5.64. The van der Waals surface area contributed by atoms with Crippen LogP contribution in [0, 0.1) is 12.8 Å². The molecule has 2 rings (SSSR count). The van der Waals surface area contributed by atoms with Crippen molar-refractivity contribution in [3.8, 4) is 0 Å². The van der Waals surface area contributed by atoms with Crippen LogP contribution >= 0.6 is 15.9 Å². The van der Waals surface area contributed by atoms with Gasteiger partial charge in [-0.3, -0.25) is 9.48 Å². The Bertz CT molecular complexity index is 442. The molecule has 5 heteroatoms. The molecule has 1 N–H and O–H groups in total. The molecule has 1 saturated heterocycles. The van der Waals surface area contributed by atoms with Gasteiger partial charge in [0.1, 0.15) is 0 Å². The third kappa shape index (κ3) is 2.76. The second-order valence-electron chi connectivity index (χ2n) is 4.85. The molecule has 0 radical (unpaired) electrons. The van der Waals surface area contributed by atoms with E-state index in [1.807, 2.05) is 11.6 Å². The molecule has 0 spiro atoms. The Morgan fingerprint density at radius 3 is 3.00 bits per heavy atom. The van der Waals surface area contributed by atoms with Crippen LogP contribution in [0.2, 0.25) is 0 Å². The Labute approximate surface area is 116 Å². The molecule has 1 aliphatic heterocycles. The van der Waals surface area contributed by atoms with Crippen LogP contribution in [0.5, 0.6) is 0 Å². The van der Waals surface area contributed by atoms with Crippen LogP contribution in [0.15, 0.2) is 4.47 Å². The zero-order valence-electron chi connectivity index (χ0n) is 11.0. The van der Waals surface area contributed by atoms with Crippen LogP contribution in [-0.4, -0.2) is 22.2 Å². The predicted molar refractivity (Wildman–Crippen MR) is 74.4 cm³/mol. The van der Waals surface area contributed by atoms with E-state index in [2.05, 4.69) is 33.3 Å². The van der Waals surface area contributed by atoms with E-state index in [4.69, 9.17) is 0 Å². The summed E-state index contributed by atoms with van der Waals surface area (Å²) in [6.45, 7) is 5.74. The number of aryl methyl sites for hydroxylation is 2. The number of hydrogen-bond donors (Lipinski definition) is 1. The topological polar surface area (TPSA) is 46.9 Å². The van der Waals surface area contributed by atoms with Gasteiger partial charge in [-0.1, -0.05) is 6.42 Å². The first-order chi connectivity index (χ1) is 8.63. The first-order valence-electron chi connectivity index (χ1n) is 6.63. The van der Waals surface area contributed by atoms with Crippen molar-refractivity contribution in [2.75, 3.05) is 6.54 Å². The van der Waals surface area contributed by atoms with Crippen molar-refractivity contribution in [3.05, 3.63) is 15.9 Å². The normalized spacial score (nSPS) is 20.6. The molecule has 0 aromatic carbocycles. The maximum atomic E-state index is 12.0. The van der Waals surface area contributed by atoms with Gasteiger partial charge in [0.05, 0.1) is 15.9 Å². The van der Waals surface area contributed by atoms with Crippen LogP contribution in [0.1, 0.15) is 37.6 Å². The maximum Gasteiger partial charge on any atom is 0.223 e. The van der Waals surface area contributed by atoms with Crippen LogP contribution < -0.4 is 5.32 Å². The standard InChI is InChI=1S/C13H20BrN3O/c1-3-17-11(12(14)9(2)16-17)8-10-6-4-5-7-15-13(10)18/h10H,3-8H2,1-2H3,(H,15,18). The van der Waals surface area contributed by atoms with Gasteiger partial charge in [0.15, 0.2) is 0 Å². The lowest BCUT2D eigenvalue weighted by molar-refractivity contribution is -0.124. The minimum absolute atomic E-state index is 0.0881. The smallest absolute Gasteiger partial charge is 0.223 e. The largest absolute Gasteiger partial charge is 0.356 e. The van der Waals surface area contributed by atoms with Crippen molar-refractivity contribution in [2.45, 2.75) is 46.1 Å². The number of aromatic nitrogens is 2. The minimum atomic E-state index is 0.0881. The van der Waals surface area contributed by atoms with Crippen LogP contribution in [-0.2, 0) is 17.8 Å². The van der Waals surface area contributed by atoms with Gasteiger partial charge in [-0.15, -0.1) is 0 Å². The molecule has 0 aliphatic carbocycles. The molecule has 100 valence electrons. The van der Waals surface area contributed by atoms with E-state index in [1.54, 1.807) is 0 Å². The molecule has 2 heterocycles. The monoisotopic (exact) mass is 313 g/mol. The maximum absolute atomic E-state index is 12.0. The zero-order valence-corrected chi connectivity index (χ0v) is 12.6. The SMILES string of the molecule is CCn1nc(C)c(Br)c1CC1CCCCNC1=O. The molecule has 4 nitrogen and oxygen atoms in total. The first-order valence-corrected chi connectivity index (χ1v) is 7.42. The lowest BCUT2D eigenvalue weighted by Crippen LogP contribution is -2.30. The minimum Gasteiger partial charge on any atom is -0.356 e. The van der Waals surface area contributed by atoms with Crippen LogP contribution in [0.25, 0.3) is 0 Å². The summed E-state index contributed by atoms with van der Waals surface area (Å²) < 4.78 is 3.05. The third-order valence-corrected chi connectivity index (χ3v) is 4.57. The van der Waals surface area contributed by atoms with Gasteiger partial charge in [-0.25, -0.2) is 0 Å². The van der Waals surface area contributed by atoms with E-state index in [0.29, 0.717) is 0 Å². The molecule has 1 aromatic heterocycles. The molecule has 0 bridgehead atoms. The number of hydrogen-bond acceptors (Lipinski definition) is 2. The molecule has 1 aliphatic rings. The lowest BCUT2D eigenvalue weighted by Gasteiger charge is -2.14. The fourth-order valence-electron chi connectivity index (χ4n) is 2.49. The highest BCUT2D eigenvalue weighted by Crippen LogP contribution is 2.26.